The number of hydrogen-bond acceptors (Lipinski definition) is 4. The van der Waals surface area contributed by atoms with Crippen molar-refractivity contribution in [1.82, 2.24) is 5.32 Å². The standard InChI is InChI=1S/C16H18N2O3S/c1-11-5-7-12(8-6-11)18-15(20)14(19)17-10-16(2,21)13-4-3-9-22-13/h3-9,21H,10H2,1-2H3,(H,17,19)(H,18,20). The number of nitrogens with one attached hydrogen (secondary N) is 2. The highest BCUT2D eigenvalue weighted by atomic mass is 32.1. The predicted molar refractivity (Wildman–Crippen MR) is 86.7 cm³/mol. The first-order valence-corrected chi connectivity index (χ1v) is 7.69. The number of amides is 2. The molecular formula is C16H18N2O3S. The van der Waals surface area contributed by atoms with Gasteiger partial charge in [0.05, 0.1) is 6.54 Å². The minimum atomic E-state index is -1.20. The zero-order valence-corrected chi connectivity index (χ0v) is 13.2. The van der Waals surface area contributed by atoms with E-state index in [1.807, 2.05) is 30.5 Å². The fourth-order valence-corrected chi connectivity index (χ4v) is 2.62. The van der Waals surface area contributed by atoms with Crippen LogP contribution in [0.1, 0.15) is 17.4 Å². The van der Waals surface area contributed by atoms with Gasteiger partial charge in [-0.25, -0.2) is 0 Å². The Morgan fingerprint density at radius 2 is 1.86 bits per heavy atom. The summed E-state index contributed by atoms with van der Waals surface area (Å²) in [5, 5.41) is 17.1. The lowest BCUT2D eigenvalue weighted by Crippen LogP contribution is -2.42. The van der Waals surface area contributed by atoms with Gasteiger partial charge < -0.3 is 15.7 Å². The summed E-state index contributed by atoms with van der Waals surface area (Å²) in [5.41, 5.74) is 0.416. The van der Waals surface area contributed by atoms with E-state index in [4.69, 9.17) is 0 Å². The Hall–Kier alpha value is -2.18. The van der Waals surface area contributed by atoms with Crippen LogP contribution < -0.4 is 10.6 Å². The van der Waals surface area contributed by atoms with Gasteiger partial charge >= 0.3 is 11.8 Å². The molecule has 2 rings (SSSR count). The molecule has 116 valence electrons. The molecule has 2 aromatic rings. The number of hydrogen-bond donors (Lipinski definition) is 3. The third kappa shape index (κ3) is 4.16. The van der Waals surface area contributed by atoms with Crippen molar-refractivity contribution in [2.75, 3.05) is 11.9 Å². The molecule has 0 fully saturated rings. The monoisotopic (exact) mass is 318 g/mol. The number of rotatable bonds is 4. The zero-order valence-electron chi connectivity index (χ0n) is 12.4. The second-order valence-corrected chi connectivity index (χ2v) is 6.20. The first-order valence-electron chi connectivity index (χ1n) is 6.81. The van der Waals surface area contributed by atoms with Gasteiger partial charge in [0.2, 0.25) is 0 Å². The molecule has 0 bridgehead atoms. The van der Waals surface area contributed by atoms with Crippen LogP contribution in [0.5, 0.6) is 0 Å². The fourth-order valence-electron chi connectivity index (χ4n) is 1.83. The number of thiophene rings is 1. The van der Waals surface area contributed by atoms with Gasteiger partial charge in [-0.1, -0.05) is 23.8 Å². The first-order chi connectivity index (χ1) is 10.4. The minimum Gasteiger partial charge on any atom is -0.383 e. The van der Waals surface area contributed by atoms with Crippen molar-refractivity contribution in [3.05, 3.63) is 52.2 Å². The first kappa shape index (κ1) is 16.2. The van der Waals surface area contributed by atoms with Gasteiger partial charge in [-0.2, -0.15) is 0 Å². The average Bonchev–Trinajstić information content (AvgIpc) is 3.02. The molecule has 3 N–H and O–H groups in total. The van der Waals surface area contributed by atoms with Crippen molar-refractivity contribution in [1.29, 1.82) is 0 Å². The smallest absolute Gasteiger partial charge is 0.313 e. The molecule has 0 saturated carbocycles. The molecule has 0 aliphatic carbocycles. The molecule has 1 aromatic carbocycles. The number of aryl methyl sites for hydroxylation is 1. The highest BCUT2D eigenvalue weighted by Crippen LogP contribution is 2.24. The Morgan fingerprint density at radius 3 is 2.45 bits per heavy atom. The van der Waals surface area contributed by atoms with Gasteiger partial charge in [0.1, 0.15) is 5.60 Å². The van der Waals surface area contributed by atoms with Gasteiger partial charge in [0, 0.05) is 10.6 Å². The van der Waals surface area contributed by atoms with Crippen LogP contribution in [0, 0.1) is 6.92 Å². The Balaban J connectivity index is 1.89. The van der Waals surface area contributed by atoms with Crippen LogP contribution >= 0.6 is 11.3 Å². The van der Waals surface area contributed by atoms with E-state index in [9.17, 15) is 14.7 Å². The molecule has 0 aliphatic rings. The maximum atomic E-state index is 11.8. The number of benzene rings is 1. The van der Waals surface area contributed by atoms with E-state index in [2.05, 4.69) is 10.6 Å². The van der Waals surface area contributed by atoms with E-state index in [-0.39, 0.29) is 6.54 Å². The molecule has 0 spiro atoms. The number of carbonyl (C=O) groups excluding carboxylic acids is 2. The fraction of sp³-hybridized carbons (Fsp3) is 0.250. The number of anilines is 1. The van der Waals surface area contributed by atoms with Crippen LogP contribution in [0.3, 0.4) is 0 Å². The van der Waals surface area contributed by atoms with Crippen molar-refractivity contribution >= 4 is 28.8 Å². The van der Waals surface area contributed by atoms with Crippen molar-refractivity contribution in [2.45, 2.75) is 19.4 Å². The largest absolute Gasteiger partial charge is 0.383 e. The summed E-state index contributed by atoms with van der Waals surface area (Å²) in [6.07, 6.45) is 0. The molecule has 0 radical (unpaired) electrons. The third-order valence-electron chi connectivity index (χ3n) is 3.16. The van der Waals surface area contributed by atoms with Crippen molar-refractivity contribution in [3.8, 4) is 0 Å². The normalized spacial score (nSPS) is 13.2. The molecular weight excluding hydrogens is 300 g/mol. The molecule has 1 heterocycles. The molecule has 2 amide bonds. The van der Waals surface area contributed by atoms with Gasteiger partial charge in [-0.05, 0) is 37.4 Å². The molecule has 0 saturated heterocycles. The zero-order chi connectivity index (χ0) is 16.2. The lowest BCUT2D eigenvalue weighted by molar-refractivity contribution is -0.136. The minimum absolute atomic E-state index is 0.0341. The lowest BCUT2D eigenvalue weighted by atomic mass is 10.1. The van der Waals surface area contributed by atoms with Crippen LogP contribution in [0.2, 0.25) is 0 Å². The van der Waals surface area contributed by atoms with Crippen LogP contribution in [0.25, 0.3) is 0 Å². The summed E-state index contributed by atoms with van der Waals surface area (Å²) in [6, 6.07) is 10.7. The Labute approximate surface area is 133 Å². The molecule has 5 nitrogen and oxygen atoms in total. The van der Waals surface area contributed by atoms with Crippen LogP contribution in [-0.4, -0.2) is 23.5 Å². The molecule has 1 aromatic heterocycles. The number of carbonyl (C=O) groups is 2. The second kappa shape index (κ2) is 6.72. The van der Waals surface area contributed by atoms with Gasteiger partial charge in [0.15, 0.2) is 0 Å². The molecule has 6 heteroatoms. The summed E-state index contributed by atoms with van der Waals surface area (Å²) in [5.74, 6) is -1.54. The van der Waals surface area contributed by atoms with E-state index in [1.165, 1.54) is 11.3 Å². The number of aliphatic hydroxyl groups is 1. The van der Waals surface area contributed by atoms with E-state index < -0.39 is 17.4 Å². The summed E-state index contributed by atoms with van der Waals surface area (Å²) in [4.78, 5) is 24.3. The molecule has 1 unspecified atom stereocenters. The van der Waals surface area contributed by atoms with Crippen molar-refractivity contribution in [2.24, 2.45) is 0 Å². The maximum Gasteiger partial charge on any atom is 0.313 e. The molecule has 0 aliphatic heterocycles. The summed E-state index contributed by atoms with van der Waals surface area (Å²) in [7, 11) is 0. The highest BCUT2D eigenvalue weighted by Gasteiger charge is 2.26. The quantitative estimate of drug-likeness (QED) is 0.755. The summed E-state index contributed by atoms with van der Waals surface area (Å²) < 4.78 is 0. The SMILES string of the molecule is Cc1ccc(NC(=O)C(=O)NCC(C)(O)c2cccs2)cc1. The van der Waals surface area contributed by atoms with Gasteiger partial charge in [0.25, 0.3) is 0 Å². The van der Waals surface area contributed by atoms with Crippen LogP contribution in [0.4, 0.5) is 5.69 Å². The Morgan fingerprint density at radius 1 is 1.18 bits per heavy atom. The average molecular weight is 318 g/mol. The van der Waals surface area contributed by atoms with Gasteiger partial charge in [-0.15, -0.1) is 11.3 Å². The van der Waals surface area contributed by atoms with Crippen molar-refractivity contribution < 1.29 is 14.7 Å². The van der Waals surface area contributed by atoms with E-state index in [0.29, 0.717) is 5.69 Å². The van der Waals surface area contributed by atoms with Crippen molar-refractivity contribution in [3.63, 3.8) is 0 Å². The van der Waals surface area contributed by atoms with E-state index >= 15 is 0 Å². The third-order valence-corrected chi connectivity index (χ3v) is 4.28. The Bertz CT molecular complexity index is 649. The predicted octanol–water partition coefficient (Wildman–Crippen LogP) is 2.02. The van der Waals surface area contributed by atoms with E-state index in [1.54, 1.807) is 25.1 Å². The highest BCUT2D eigenvalue weighted by molar-refractivity contribution is 7.10. The summed E-state index contributed by atoms with van der Waals surface area (Å²) >= 11 is 1.39. The van der Waals surface area contributed by atoms with E-state index in [0.717, 1.165) is 10.4 Å². The Kier molecular flexibility index (Phi) is 4.95. The molecule has 22 heavy (non-hydrogen) atoms. The van der Waals surface area contributed by atoms with Crippen LogP contribution in [-0.2, 0) is 15.2 Å². The van der Waals surface area contributed by atoms with Crippen LogP contribution in [0.15, 0.2) is 41.8 Å². The lowest BCUT2D eigenvalue weighted by Gasteiger charge is -2.22. The van der Waals surface area contributed by atoms with Gasteiger partial charge in [-0.3, -0.25) is 9.59 Å². The molecule has 1 atom stereocenters. The maximum absolute atomic E-state index is 11.8. The second-order valence-electron chi connectivity index (χ2n) is 5.25. The summed E-state index contributed by atoms with van der Waals surface area (Å²) in [6.45, 7) is 3.50. The topological polar surface area (TPSA) is 78.4 Å².